The molecular formula is C62H57N3O7. The van der Waals surface area contributed by atoms with Crippen LogP contribution in [0, 0.1) is 0 Å². The molecule has 10 heteroatoms. The number of hydrogen-bond donors (Lipinski definition) is 2. The summed E-state index contributed by atoms with van der Waals surface area (Å²) in [6.07, 6.45) is 1.65. The fourth-order valence-corrected chi connectivity index (χ4v) is 8.80. The lowest BCUT2D eigenvalue weighted by molar-refractivity contribution is 0.0737. The molecule has 8 aromatic carbocycles. The van der Waals surface area contributed by atoms with Gasteiger partial charge >= 0.3 is 0 Å². The second kappa shape index (κ2) is 24.4. The number of benzene rings is 8. The third-order valence-electron chi connectivity index (χ3n) is 12.6. The monoisotopic (exact) mass is 955 g/mol. The maximum absolute atomic E-state index is 15.2. The quantitative estimate of drug-likeness (QED) is 0.0726. The molecule has 1 heterocycles. The number of likely N-dealkylation sites (tertiary alicyclic amines) is 1. The van der Waals surface area contributed by atoms with Gasteiger partial charge in [-0.05, 0) is 83.1 Å². The normalized spacial score (nSPS) is 14.6. The molecule has 1 aliphatic heterocycles. The molecule has 1 fully saturated rings. The molecule has 2 amide bonds. The number of para-hydroxylation sites is 1. The van der Waals surface area contributed by atoms with Crippen molar-refractivity contribution < 1.29 is 33.3 Å². The lowest BCUT2D eigenvalue weighted by Gasteiger charge is -2.36. The average Bonchev–Trinajstić information content (AvgIpc) is 3.62. The highest BCUT2D eigenvalue weighted by atomic mass is 16.5. The van der Waals surface area contributed by atoms with E-state index in [2.05, 4.69) is 27.7 Å². The van der Waals surface area contributed by atoms with Gasteiger partial charge in [0.05, 0.1) is 11.6 Å². The van der Waals surface area contributed by atoms with Gasteiger partial charge in [0, 0.05) is 24.2 Å². The summed E-state index contributed by atoms with van der Waals surface area (Å²) in [6, 6.07) is 66.0. The third-order valence-corrected chi connectivity index (χ3v) is 12.6. The Bertz CT molecular complexity index is 2960. The van der Waals surface area contributed by atoms with Gasteiger partial charge in [0.2, 0.25) is 5.78 Å². The maximum atomic E-state index is 15.2. The largest absolute Gasteiger partial charge is 0.489 e. The first kappa shape index (κ1) is 48.5. The Kier molecular flexibility index (Phi) is 16.4. The van der Waals surface area contributed by atoms with Crippen LogP contribution in [0.4, 0.5) is 0 Å². The number of amides is 2. The predicted octanol–water partition coefficient (Wildman–Crippen LogP) is 11.8. The van der Waals surface area contributed by atoms with E-state index in [9.17, 15) is 4.79 Å². The summed E-state index contributed by atoms with van der Waals surface area (Å²) >= 11 is 0. The fraction of sp³-hybridized carbons (Fsp3) is 0.177. The van der Waals surface area contributed by atoms with E-state index >= 15 is 9.59 Å². The van der Waals surface area contributed by atoms with Crippen molar-refractivity contribution in [1.29, 1.82) is 0 Å². The van der Waals surface area contributed by atoms with Gasteiger partial charge in [0.15, 0.2) is 0 Å². The molecule has 0 bridgehead atoms. The fourth-order valence-electron chi connectivity index (χ4n) is 8.80. The number of ketones is 1. The van der Waals surface area contributed by atoms with Crippen molar-refractivity contribution in [2.24, 2.45) is 0 Å². The van der Waals surface area contributed by atoms with Crippen LogP contribution in [0.2, 0.25) is 0 Å². The minimum absolute atomic E-state index is 0.111. The van der Waals surface area contributed by atoms with Crippen LogP contribution in [0.15, 0.2) is 212 Å². The van der Waals surface area contributed by atoms with E-state index in [1.807, 2.05) is 158 Å². The predicted molar refractivity (Wildman–Crippen MR) is 279 cm³/mol. The molecule has 2 unspecified atom stereocenters. The molecule has 2 N–H and O–H groups in total. The van der Waals surface area contributed by atoms with Crippen LogP contribution < -0.4 is 29.6 Å². The third kappa shape index (κ3) is 13.0. The summed E-state index contributed by atoms with van der Waals surface area (Å²) in [5.41, 5.74) is 5.89. The van der Waals surface area contributed by atoms with Crippen LogP contribution in [0.25, 0.3) is 0 Å². The van der Waals surface area contributed by atoms with Crippen molar-refractivity contribution in [2.45, 2.75) is 64.4 Å². The van der Waals surface area contributed by atoms with Crippen molar-refractivity contribution in [3.05, 3.63) is 262 Å². The Morgan fingerprint density at radius 2 is 0.917 bits per heavy atom. The highest BCUT2D eigenvalue weighted by Gasteiger charge is 2.34. The first-order chi connectivity index (χ1) is 35.4. The molecule has 0 aromatic heterocycles. The second-order valence-electron chi connectivity index (χ2n) is 17.7. The van der Waals surface area contributed by atoms with Gasteiger partial charge in [0.25, 0.3) is 11.8 Å². The van der Waals surface area contributed by atoms with E-state index in [0.717, 1.165) is 40.7 Å². The van der Waals surface area contributed by atoms with E-state index in [0.29, 0.717) is 48.7 Å². The average molecular weight is 956 g/mol. The summed E-state index contributed by atoms with van der Waals surface area (Å²) in [4.78, 5) is 46.8. The Balaban J connectivity index is 1.06. The number of nitrogens with one attached hydrogen (secondary N) is 2. The Morgan fingerprint density at radius 3 is 1.47 bits per heavy atom. The number of rotatable bonds is 20. The van der Waals surface area contributed by atoms with E-state index in [1.165, 1.54) is 0 Å². The van der Waals surface area contributed by atoms with Crippen molar-refractivity contribution >= 4 is 17.6 Å². The smallest absolute Gasteiger partial charge is 0.252 e. The molecule has 72 heavy (non-hydrogen) atoms. The molecular weight excluding hydrogens is 899 g/mol. The zero-order chi connectivity index (χ0) is 49.3. The molecule has 1 saturated heterocycles. The van der Waals surface area contributed by atoms with Crippen molar-refractivity contribution in [1.82, 2.24) is 15.5 Å². The van der Waals surface area contributed by atoms with Crippen LogP contribution in [0.3, 0.4) is 0 Å². The minimum atomic E-state index is -0.603. The van der Waals surface area contributed by atoms with Crippen LogP contribution in [0.5, 0.6) is 23.0 Å². The van der Waals surface area contributed by atoms with Gasteiger partial charge in [-0.15, -0.1) is 0 Å². The van der Waals surface area contributed by atoms with Crippen molar-refractivity contribution in [2.75, 3.05) is 6.54 Å². The second-order valence-corrected chi connectivity index (χ2v) is 17.7. The number of hydrogen-bond acceptors (Lipinski definition) is 8. The first-order valence-electron chi connectivity index (χ1n) is 24.4. The molecule has 10 nitrogen and oxygen atoms in total. The van der Waals surface area contributed by atoms with E-state index < -0.39 is 23.9 Å². The molecule has 8 aromatic rings. The number of carbonyl (C=O) groups excluding carboxylic acids is 3. The van der Waals surface area contributed by atoms with E-state index in [4.69, 9.17) is 18.9 Å². The molecule has 0 spiro atoms. The Hall–Kier alpha value is -8.47. The summed E-state index contributed by atoms with van der Waals surface area (Å²) in [5.74, 6) is 0.189. The van der Waals surface area contributed by atoms with Gasteiger partial charge in [-0.2, -0.15) is 0 Å². The summed E-state index contributed by atoms with van der Waals surface area (Å²) < 4.78 is 25.6. The molecule has 1 aliphatic rings. The highest BCUT2D eigenvalue weighted by Crippen LogP contribution is 2.37. The van der Waals surface area contributed by atoms with Gasteiger partial charge in [-0.1, -0.05) is 176 Å². The number of nitrogens with zero attached hydrogens (tertiary/aromatic N) is 1. The van der Waals surface area contributed by atoms with Crippen molar-refractivity contribution in [3.63, 3.8) is 0 Å². The van der Waals surface area contributed by atoms with E-state index in [1.54, 1.807) is 42.5 Å². The molecule has 362 valence electrons. The van der Waals surface area contributed by atoms with Crippen molar-refractivity contribution in [3.8, 4) is 23.0 Å². The Morgan fingerprint density at radius 1 is 0.444 bits per heavy atom. The van der Waals surface area contributed by atoms with Gasteiger partial charge in [-0.3, -0.25) is 19.3 Å². The standard InChI is InChI=1S/C62H57N3O7/c66-59(53-33-16-17-35-55(53)70-42-47-25-10-3-11-26-47)58-56(71-43-48-27-12-4-13-28-48)38-51(39-57(58)72-44-49-29-14-5-15-30-49)62(68)63-54-34-18-19-36-65(40-45-21-6-1-7-22-45)60(54)64-61(67)50-31-20-32-52(37-50)69-41-46-23-8-2-9-24-46/h1-17,20-33,35,37-39,54,60H,18-19,34,36,40-44H2,(H,63,68)(H,64,67). The van der Waals surface area contributed by atoms with Crippen LogP contribution in [0.1, 0.15) is 83.7 Å². The molecule has 9 rings (SSSR count). The highest BCUT2D eigenvalue weighted by molar-refractivity contribution is 6.14. The first-order valence-corrected chi connectivity index (χ1v) is 24.4. The molecule has 0 aliphatic carbocycles. The minimum Gasteiger partial charge on any atom is -0.489 e. The zero-order valence-electron chi connectivity index (χ0n) is 40.0. The topological polar surface area (TPSA) is 115 Å². The number of carbonyl (C=O) groups is 3. The molecule has 0 radical (unpaired) electrons. The summed E-state index contributed by atoms with van der Waals surface area (Å²) in [5, 5.41) is 6.67. The van der Waals surface area contributed by atoms with Crippen LogP contribution in [-0.4, -0.2) is 41.2 Å². The summed E-state index contributed by atoms with van der Waals surface area (Å²) in [6.45, 7) is 2.06. The van der Waals surface area contributed by atoms with Gasteiger partial charge < -0.3 is 29.6 Å². The SMILES string of the molecule is O=C(NC1CCCCN(Cc2ccccc2)C1NC(=O)c1cccc(OCc2ccccc2)c1)c1cc(OCc2ccccc2)c(C(=O)c2ccccc2OCc2ccccc2)c(OCc2ccccc2)c1. The Labute approximate surface area is 421 Å². The summed E-state index contributed by atoms with van der Waals surface area (Å²) in [7, 11) is 0. The van der Waals surface area contributed by atoms with Gasteiger partial charge in [0.1, 0.15) is 61.2 Å². The maximum Gasteiger partial charge on any atom is 0.252 e. The zero-order valence-corrected chi connectivity index (χ0v) is 40.0. The van der Waals surface area contributed by atoms with Gasteiger partial charge in [-0.25, -0.2) is 0 Å². The molecule has 2 atom stereocenters. The van der Waals surface area contributed by atoms with E-state index in [-0.39, 0.29) is 48.4 Å². The molecule has 0 saturated carbocycles. The number of ether oxygens (including phenoxy) is 4. The van der Waals surface area contributed by atoms with Crippen LogP contribution >= 0.6 is 0 Å². The lowest BCUT2D eigenvalue weighted by atomic mass is 9.98. The van der Waals surface area contributed by atoms with Crippen LogP contribution in [-0.2, 0) is 33.0 Å². The lowest BCUT2D eigenvalue weighted by Crippen LogP contribution is -2.59.